The highest BCUT2D eigenvalue weighted by Crippen LogP contribution is 2.16. The normalized spacial score (nSPS) is 11.9. The van der Waals surface area contributed by atoms with Crippen molar-refractivity contribution in [1.82, 2.24) is 14.6 Å². The second-order valence-electron chi connectivity index (χ2n) is 4.49. The molecule has 0 atom stereocenters. The molecule has 0 fully saturated rings. The summed E-state index contributed by atoms with van der Waals surface area (Å²) in [5.74, 6) is 0.853. The van der Waals surface area contributed by atoms with Crippen LogP contribution in [0.15, 0.2) is 24.5 Å². The minimum atomic E-state index is -0.0416. The fourth-order valence-electron chi connectivity index (χ4n) is 1.65. The first-order valence-electron chi connectivity index (χ1n) is 5.39. The molecule has 5 nitrogen and oxygen atoms in total. The summed E-state index contributed by atoms with van der Waals surface area (Å²) in [7, 11) is 0. The second kappa shape index (κ2) is 4.09. The third-order valence-electron chi connectivity index (χ3n) is 2.49. The van der Waals surface area contributed by atoms with Gasteiger partial charge in [-0.25, -0.2) is 9.50 Å². The summed E-state index contributed by atoms with van der Waals surface area (Å²) in [6, 6.07) is 3.79. The monoisotopic (exact) mass is 219 g/mol. The topological polar surface area (TPSA) is 68.2 Å². The van der Waals surface area contributed by atoms with Crippen molar-refractivity contribution < 1.29 is 0 Å². The highest BCUT2D eigenvalue weighted by atomic mass is 15.2. The molecule has 0 spiro atoms. The van der Waals surface area contributed by atoms with Crippen molar-refractivity contribution >= 4 is 11.5 Å². The Hall–Kier alpha value is -1.62. The summed E-state index contributed by atoms with van der Waals surface area (Å²) in [6.07, 6.45) is 4.53. The van der Waals surface area contributed by atoms with Gasteiger partial charge in [-0.2, -0.15) is 5.10 Å². The third-order valence-corrected chi connectivity index (χ3v) is 2.49. The Morgan fingerprint density at radius 3 is 3.00 bits per heavy atom. The smallest absolute Gasteiger partial charge is 0.157 e. The zero-order chi connectivity index (χ0) is 11.6. The van der Waals surface area contributed by atoms with Gasteiger partial charge in [0.25, 0.3) is 0 Å². The van der Waals surface area contributed by atoms with E-state index in [1.165, 1.54) is 0 Å². The number of hydrogen-bond acceptors (Lipinski definition) is 4. The van der Waals surface area contributed by atoms with Gasteiger partial charge in [-0.3, -0.25) is 0 Å². The van der Waals surface area contributed by atoms with Crippen molar-refractivity contribution in [3.63, 3.8) is 0 Å². The summed E-state index contributed by atoms with van der Waals surface area (Å²) >= 11 is 0. The van der Waals surface area contributed by atoms with Gasteiger partial charge in [-0.15, -0.1) is 0 Å². The Bertz CT molecular complexity index is 474. The van der Waals surface area contributed by atoms with E-state index in [0.717, 1.165) is 17.9 Å². The highest BCUT2D eigenvalue weighted by molar-refractivity contribution is 5.46. The molecule has 0 unspecified atom stereocenters. The van der Waals surface area contributed by atoms with Crippen LogP contribution in [0.25, 0.3) is 5.65 Å². The zero-order valence-electron chi connectivity index (χ0n) is 9.64. The van der Waals surface area contributed by atoms with E-state index in [2.05, 4.69) is 29.2 Å². The van der Waals surface area contributed by atoms with Gasteiger partial charge in [0, 0.05) is 17.8 Å². The van der Waals surface area contributed by atoms with Crippen LogP contribution in [0.1, 0.15) is 20.3 Å². The first-order valence-corrected chi connectivity index (χ1v) is 5.39. The Morgan fingerprint density at radius 2 is 2.25 bits per heavy atom. The first kappa shape index (κ1) is 10.9. The number of anilines is 1. The van der Waals surface area contributed by atoms with Gasteiger partial charge in [-0.1, -0.05) is 0 Å². The molecule has 2 aromatic heterocycles. The van der Waals surface area contributed by atoms with E-state index in [1.807, 2.05) is 18.3 Å². The quantitative estimate of drug-likeness (QED) is 0.812. The molecule has 5 heteroatoms. The number of nitrogens with zero attached hydrogens (tertiary/aromatic N) is 3. The average Bonchev–Trinajstić information content (AvgIpc) is 2.63. The van der Waals surface area contributed by atoms with Crippen molar-refractivity contribution in [3.8, 4) is 0 Å². The predicted octanol–water partition coefficient (Wildman–Crippen LogP) is 1.27. The SMILES string of the molecule is CC(C)(CCN)Nc1ccn2nccc2n1. The molecule has 0 aromatic carbocycles. The lowest BCUT2D eigenvalue weighted by atomic mass is 10.0. The Balaban J connectivity index is 2.20. The predicted molar refractivity (Wildman–Crippen MR) is 64.4 cm³/mol. The maximum Gasteiger partial charge on any atom is 0.157 e. The number of nitrogens with one attached hydrogen (secondary N) is 1. The molecule has 0 bridgehead atoms. The van der Waals surface area contributed by atoms with Crippen molar-refractivity contribution in [2.45, 2.75) is 25.8 Å². The summed E-state index contributed by atoms with van der Waals surface area (Å²) in [6.45, 7) is 4.89. The summed E-state index contributed by atoms with van der Waals surface area (Å²) < 4.78 is 1.74. The van der Waals surface area contributed by atoms with Crippen molar-refractivity contribution in [1.29, 1.82) is 0 Å². The van der Waals surface area contributed by atoms with Crippen LogP contribution in [-0.4, -0.2) is 26.7 Å². The van der Waals surface area contributed by atoms with Gasteiger partial charge in [-0.05, 0) is 32.9 Å². The molecule has 0 aliphatic heterocycles. The molecule has 2 heterocycles. The molecule has 0 saturated carbocycles. The van der Waals surface area contributed by atoms with Crippen molar-refractivity contribution in [2.75, 3.05) is 11.9 Å². The average molecular weight is 219 g/mol. The highest BCUT2D eigenvalue weighted by Gasteiger charge is 2.16. The minimum Gasteiger partial charge on any atom is -0.365 e. The maximum absolute atomic E-state index is 5.57. The van der Waals surface area contributed by atoms with Gasteiger partial charge >= 0.3 is 0 Å². The second-order valence-corrected chi connectivity index (χ2v) is 4.49. The van der Waals surface area contributed by atoms with Crippen molar-refractivity contribution in [3.05, 3.63) is 24.5 Å². The molecule has 0 amide bonds. The number of nitrogens with two attached hydrogens (primary N) is 1. The number of hydrogen-bond donors (Lipinski definition) is 2. The Morgan fingerprint density at radius 1 is 1.44 bits per heavy atom. The van der Waals surface area contributed by atoms with Crippen LogP contribution in [0.3, 0.4) is 0 Å². The van der Waals surface area contributed by atoms with Gasteiger partial charge in [0.15, 0.2) is 5.65 Å². The van der Waals surface area contributed by atoms with Gasteiger partial charge < -0.3 is 11.1 Å². The van der Waals surface area contributed by atoms with Gasteiger partial charge in [0.2, 0.25) is 0 Å². The molecule has 2 aromatic rings. The molecule has 0 aliphatic rings. The molecule has 0 saturated heterocycles. The molecule has 0 aliphatic carbocycles. The van der Waals surface area contributed by atoms with E-state index >= 15 is 0 Å². The van der Waals surface area contributed by atoms with Gasteiger partial charge in [0.1, 0.15) is 5.82 Å². The first-order chi connectivity index (χ1) is 7.61. The van der Waals surface area contributed by atoms with Crippen LogP contribution in [0.4, 0.5) is 5.82 Å². The van der Waals surface area contributed by atoms with E-state index in [0.29, 0.717) is 6.54 Å². The molecule has 2 rings (SSSR count). The van der Waals surface area contributed by atoms with E-state index in [1.54, 1.807) is 10.7 Å². The van der Waals surface area contributed by atoms with Crippen LogP contribution >= 0.6 is 0 Å². The molecular weight excluding hydrogens is 202 g/mol. The van der Waals surface area contributed by atoms with Gasteiger partial charge in [0.05, 0.1) is 6.20 Å². The van der Waals surface area contributed by atoms with Crippen LogP contribution in [0.5, 0.6) is 0 Å². The molecule has 16 heavy (non-hydrogen) atoms. The molecule has 86 valence electrons. The fourth-order valence-corrected chi connectivity index (χ4v) is 1.65. The lowest BCUT2D eigenvalue weighted by molar-refractivity contribution is 0.524. The zero-order valence-corrected chi connectivity index (χ0v) is 9.64. The lowest BCUT2D eigenvalue weighted by Crippen LogP contribution is -2.33. The maximum atomic E-state index is 5.57. The number of rotatable bonds is 4. The molecular formula is C11H17N5. The van der Waals surface area contributed by atoms with Crippen LogP contribution in [0, 0.1) is 0 Å². The largest absolute Gasteiger partial charge is 0.365 e. The van der Waals surface area contributed by atoms with Crippen LogP contribution < -0.4 is 11.1 Å². The number of fused-ring (bicyclic) bond motifs is 1. The summed E-state index contributed by atoms with van der Waals surface area (Å²) in [5, 5.41) is 7.47. The van der Waals surface area contributed by atoms with Crippen LogP contribution in [0.2, 0.25) is 0 Å². The minimum absolute atomic E-state index is 0.0416. The lowest BCUT2D eigenvalue weighted by Gasteiger charge is -2.26. The standard InChI is InChI=1S/C11H17N5/c1-11(2,5-6-12)15-9-4-8-16-10(14-9)3-7-13-16/h3-4,7-8H,5-6,12H2,1-2H3,(H,14,15). The Labute approximate surface area is 94.7 Å². The summed E-state index contributed by atoms with van der Waals surface area (Å²) in [4.78, 5) is 4.45. The summed E-state index contributed by atoms with van der Waals surface area (Å²) in [5.41, 5.74) is 6.37. The molecule has 0 radical (unpaired) electrons. The fraction of sp³-hybridized carbons (Fsp3) is 0.455. The van der Waals surface area contributed by atoms with Crippen molar-refractivity contribution in [2.24, 2.45) is 5.73 Å². The number of aromatic nitrogens is 3. The molecule has 3 N–H and O–H groups in total. The van der Waals surface area contributed by atoms with E-state index in [-0.39, 0.29) is 5.54 Å². The van der Waals surface area contributed by atoms with E-state index < -0.39 is 0 Å². The Kier molecular flexibility index (Phi) is 2.78. The van der Waals surface area contributed by atoms with E-state index in [9.17, 15) is 0 Å². The van der Waals surface area contributed by atoms with Crippen LogP contribution in [-0.2, 0) is 0 Å². The third kappa shape index (κ3) is 2.30. The van der Waals surface area contributed by atoms with E-state index in [4.69, 9.17) is 5.73 Å².